The van der Waals surface area contributed by atoms with Crippen LogP contribution in [0.3, 0.4) is 0 Å². The van der Waals surface area contributed by atoms with Crippen LogP contribution in [0.5, 0.6) is 17.2 Å². The third-order valence-corrected chi connectivity index (χ3v) is 3.58. The molecule has 0 saturated heterocycles. The average molecular weight is 325 g/mol. The zero-order valence-corrected chi connectivity index (χ0v) is 12.4. The number of aryl methyl sites for hydroxylation is 1. The minimum atomic E-state index is -4.57. The molecular formula is C14H16NO6P. The lowest BCUT2D eigenvalue weighted by molar-refractivity contribution is 0.380. The van der Waals surface area contributed by atoms with E-state index in [0.717, 1.165) is 17.7 Å². The Labute approximate surface area is 126 Å². The van der Waals surface area contributed by atoms with Gasteiger partial charge in [0.2, 0.25) is 0 Å². The van der Waals surface area contributed by atoms with Crippen molar-refractivity contribution in [2.45, 2.75) is 12.8 Å². The van der Waals surface area contributed by atoms with Crippen molar-refractivity contribution in [3.05, 3.63) is 47.5 Å². The Balaban J connectivity index is 2.27. The summed E-state index contributed by atoms with van der Waals surface area (Å²) in [4.78, 5) is 18.0. The minimum Gasteiger partial charge on any atom is -0.508 e. The molecule has 0 aromatic heterocycles. The van der Waals surface area contributed by atoms with Crippen molar-refractivity contribution in [2.24, 2.45) is 0 Å². The molecule has 0 bridgehead atoms. The molecule has 0 aliphatic heterocycles. The van der Waals surface area contributed by atoms with Gasteiger partial charge in [0.15, 0.2) is 0 Å². The van der Waals surface area contributed by atoms with Crippen LogP contribution in [0.2, 0.25) is 0 Å². The molecule has 2 aromatic carbocycles. The molecule has 8 heteroatoms. The van der Waals surface area contributed by atoms with E-state index in [2.05, 4.69) is 0 Å². The lowest BCUT2D eigenvalue weighted by Crippen LogP contribution is -2.01. The fourth-order valence-electron chi connectivity index (χ4n) is 2.14. The van der Waals surface area contributed by atoms with Gasteiger partial charge in [0.1, 0.15) is 17.2 Å². The van der Waals surface area contributed by atoms with Crippen LogP contribution in [0.25, 0.3) is 0 Å². The van der Waals surface area contributed by atoms with Crippen LogP contribution >= 0.6 is 7.75 Å². The quantitative estimate of drug-likeness (QED) is 0.464. The topological polar surface area (TPSA) is 130 Å². The van der Waals surface area contributed by atoms with Crippen LogP contribution in [0.4, 0.5) is 5.69 Å². The zero-order valence-electron chi connectivity index (χ0n) is 11.5. The molecule has 6 N–H and O–H groups in total. The summed E-state index contributed by atoms with van der Waals surface area (Å²) in [6.45, 7) is 0. The number of anilines is 1. The van der Waals surface area contributed by atoms with Gasteiger partial charge in [-0.25, -0.2) is 4.57 Å². The maximum Gasteiger partial charge on any atom is 0.427 e. The molecule has 0 fully saturated rings. The van der Waals surface area contributed by atoms with E-state index in [-0.39, 0.29) is 34.9 Å². The molecule has 0 amide bonds. The summed E-state index contributed by atoms with van der Waals surface area (Å²) < 4.78 is 11.1. The lowest BCUT2D eigenvalue weighted by Gasteiger charge is -2.15. The van der Waals surface area contributed by atoms with Gasteiger partial charge in [-0.1, -0.05) is 12.1 Å². The highest BCUT2D eigenvalue weighted by Gasteiger charge is 2.18. The van der Waals surface area contributed by atoms with Crippen molar-refractivity contribution in [3.8, 4) is 17.2 Å². The van der Waals surface area contributed by atoms with Gasteiger partial charge in [-0.2, -0.15) is 0 Å². The Morgan fingerprint density at radius 2 is 1.68 bits per heavy atom. The van der Waals surface area contributed by atoms with E-state index in [1.165, 1.54) is 6.07 Å². The molecule has 0 saturated carbocycles. The van der Waals surface area contributed by atoms with Crippen LogP contribution in [-0.2, 0) is 17.4 Å². The van der Waals surface area contributed by atoms with Crippen molar-refractivity contribution in [1.82, 2.24) is 0 Å². The first kappa shape index (κ1) is 16.2. The van der Waals surface area contributed by atoms with E-state index < -0.39 is 7.75 Å². The van der Waals surface area contributed by atoms with Gasteiger partial charge in [0, 0.05) is 17.7 Å². The number of phenols is 3. The van der Waals surface area contributed by atoms with Gasteiger partial charge in [0.25, 0.3) is 0 Å². The number of nitrogens with one attached hydrogen (secondary N) is 1. The van der Waals surface area contributed by atoms with Crippen molar-refractivity contribution >= 4 is 13.4 Å². The van der Waals surface area contributed by atoms with E-state index >= 15 is 0 Å². The second-order valence-electron chi connectivity index (χ2n) is 4.82. The average Bonchev–Trinajstić information content (AvgIpc) is 2.35. The first-order valence-corrected chi connectivity index (χ1v) is 8.02. The van der Waals surface area contributed by atoms with Crippen molar-refractivity contribution in [1.29, 1.82) is 0 Å². The number of phenolic OH excluding ortho intramolecular Hbond substituents is 3. The third kappa shape index (κ3) is 4.39. The molecule has 7 nitrogen and oxygen atoms in total. The molecular weight excluding hydrogens is 309 g/mol. The number of rotatable bonds is 5. The summed E-state index contributed by atoms with van der Waals surface area (Å²) in [5.41, 5.74) is 1.03. The van der Waals surface area contributed by atoms with Crippen LogP contribution in [0, 0.1) is 0 Å². The van der Waals surface area contributed by atoms with E-state index in [4.69, 9.17) is 9.79 Å². The van der Waals surface area contributed by atoms with Gasteiger partial charge < -0.3 is 25.1 Å². The van der Waals surface area contributed by atoms with Gasteiger partial charge in [-0.3, -0.25) is 5.09 Å². The molecule has 2 rings (SSSR count). The lowest BCUT2D eigenvalue weighted by atomic mass is 10.0. The predicted octanol–water partition coefficient (Wildman–Crippen LogP) is 2.09. The number of hydrogen-bond donors (Lipinski definition) is 6. The van der Waals surface area contributed by atoms with E-state index in [0.29, 0.717) is 6.42 Å². The molecule has 0 heterocycles. The van der Waals surface area contributed by atoms with E-state index in [1.54, 1.807) is 18.2 Å². The third-order valence-electron chi connectivity index (χ3n) is 3.05. The molecule has 0 radical (unpaired) electrons. The molecule has 0 unspecified atom stereocenters. The second kappa shape index (κ2) is 6.27. The van der Waals surface area contributed by atoms with Gasteiger partial charge in [-0.05, 0) is 30.5 Å². The van der Waals surface area contributed by atoms with Crippen molar-refractivity contribution in [2.75, 3.05) is 5.09 Å². The minimum absolute atomic E-state index is 0.0361. The number of aromatic hydroxyl groups is 3. The molecule has 0 atom stereocenters. The Kier molecular flexibility index (Phi) is 4.61. The molecule has 22 heavy (non-hydrogen) atoms. The molecule has 0 aliphatic rings. The molecule has 118 valence electrons. The van der Waals surface area contributed by atoms with Crippen LogP contribution in [0.1, 0.15) is 11.1 Å². The zero-order chi connectivity index (χ0) is 16.3. The SMILES string of the molecule is O=P(O)(O)Nc1cc(O)cc(O)c1CCc1cccc(O)c1. The second-order valence-corrected chi connectivity index (χ2v) is 6.13. The summed E-state index contributed by atoms with van der Waals surface area (Å²) >= 11 is 0. The van der Waals surface area contributed by atoms with Crippen molar-refractivity contribution in [3.63, 3.8) is 0 Å². The highest BCUT2D eigenvalue weighted by molar-refractivity contribution is 7.53. The largest absolute Gasteiger partial charge is 0.508 e. The summed E-state index contributed by atoms with van der Waals surface area (Å²) in [6.07, 6.45) is 0.695. The Morgan fingerprint density at radius 3 is 2.32 bits per heavy atom. The Hall–Kier alpha value is -2.21. The smallest absolute Gasteiger partial charge is 0.427 e. The van der Waals surface area contributed by atoms with E-state index in [9.17, 15) is 19.9 Å². The van der Waals surface area contributed by atoms with Crippen LogP contribution in [0.15, 0.2) is 36.4 Å². The number of benzene rings is 2. The van der Waals surface area contributed by atoms with Gasteiger partial charge >= 0.3 is 7.75 Å². The monoisotopic (exact) mass is 325 g/mol. The highest BCUT2D eigenvalue weighted by atomic mass is 31.2. The molecule has 0 aliphatic carbocycles. The van der Waals surface area contributed by atoms with Crippen LogP contribution in [-0.4, -0.2) is 25.1 Å². The normalized spacial score (nSPS) is 11.4. The summed E-state index contributed by atoms with van der Waals surface area (Å²) in [6, 6.07) is 8.79. The summed E-state index contributed by atoms with van der Waals surface area (Å²) in [5, 5.41) is 30.7. The Morgan fingerprint density at radius 1 is 0.955 bits per heavy atom. The first-order chi connectivity index (χ1) is 10.2. The summed E-state index contributed by atoms with van der Waals surface area (Å²) in [5.74, 6) is -0.466. The molecule has 2 aromatic rings. The fraction of sp³-hybridized carbons (Fsp3) is 0.143. The van der Waals surface area contributed by atoms with Crippen molar-refractivity contribution < 1.29 is 29.7 Å². The van der Waals surface area contributed by atoms with E-state index in [1.807, 2.05) is 5.09 Å². The number of hydrogen-bond acceptors (Lipinski definition) is 4. The first-order valence-electron chi connectivity index (χ1n) is 6.41. The Bertz CT molecular complexity index is 727. The standard InChI is InChI=1S/C14H16NO6P/c16-10-3-1-2-9(6-10)4-5-12-13(15-22(19,20)21)7-11(17)8-14(12)18/h1-3,6-8,16-18H,4-5H2,(H3,15,19,20,21). The molecule has 0 spiro atoms. The summed E-state index contributed by atoms with van der Waals surface area (Å²) in [7, 11) is -4.57. The highest BCUT2D eigenvalue weighted by Crippen LogP contribution is 2.41. The fourth-order valence-corrected chi connectivity index (χ4v) is 2.66. The van der Waals surface area contributed by atoms with Gasteiger partial charge in [-0.15, -0.1) is 0 Å². The van der Waals surface area contributed by atoms with Gasteiger partial charge in [0.05, 0.1) is 5.69 Å². The maximum atomic E-state index is 11.1. The predicted molar refractivity (Wildman–Crippen MR) is 81.0 cm³/mol. The van der Waals surface area contributed by atoms with Crippen LogP contribution < -0.4 is 5.09 Å². The maximum absolute atomic E-state index is 11.1.